The van der Waals surface area contributed by atoms with E-state index in [4.69, 9.17) is 5.73 Å². The molecule has 2 N–H and O–H groups in total. The summed E-state index contributed by atoms with van der Waals surface area (Å²) in [6.07, 6.45) is 3.99. The Morgan fingerprint density at radius 3 is 2.61 bits per heavy atom. The van der Waals surface area contributed by atoms with Crippen molar-refractivity contribution < 1.29 is 4.39 Å². The summed E-state index contributed by atoms with van der Waals surface area (Å²) in [5, 5.41) is 4.42. The Hall–Kier alpha value is -0.420. The van der Waals surface area contributed by atoms with Gasteiger partial charge >= 0.3 is 0 Å². The van der Waals surface area contributed by atoms with Gasteiger partial charge in [-0.25, -0.2) is 4.39 Å². The molecule has 0 atom stereocenters. The van der Waals surface area contributed by atoms with Crippen LogP contribution in [0, 0.1) is 0 Å². The molecule has 3 nitrogen and oxygen atoms in total. The van der Waals surface area contributed by atoms with Crippen LogP contribution in [0.5, 0.6) is 0 Å². The molecule has 0 radical (unpaired) electrons. The van der Waals surface area contributed by atoms with Gasteiger partial charge in [0.15, 0.2) is 0 Å². The van der Waals surface area contributed by atoms with Gasteiger partial charge in [-0.2, -0.15) is 5.10 Å². The molecule has 0 aliphatic heterocycles. The Kier molecular flexibility index (Phi) is 4.11. The second kappa shape index (κ2) is 5.29. The third-order valence-corrected chi connectivity index (χ3v) is 4.83. The smallest absolute Gasteiger partial charge is 0.116 e. The van der Waals surface area contributed by atoms with Gasteiger partial charge in [0.05, 0.1) is 15.9 Å². The lowest BCUT2D eigenvalue weighted by molar-refractivity contribution is 0.0970. The van der Waals surface area contributed by atoms with Crippen molar-refractivity contribution in [3.8, 4) is 0 Å². The van der Waals surface area contributed by atoms with E-state index in [9.17, 15) is 4.39 Å². The van der Waals surface area contributed by atoms with Gasteiger partial charge in [-0.05, 0) is 48.0 Å². The van der Waals surface area contributed by atoms with Gasteiger partial charge in [-0.3, -0.25) is 4.68 Å². The van der Waals surface area contributed by atoms with Crippen molar-refractivity contribution in [1.82, 2.24) is 9.78 Å². The molecule has 0 amide bonds. The van der Waals surface area contributed by atoms with Crippen LogP contribution in [-0.2, 0) is 19.9 Å². The number of hydrogen-bond acceptors (Lipinski definition) is 2. The van der Waals surface area contributed by atoms with Crippen molar-refractivity contribution in [3.63, 3.8) is 0 Å². The Bertz CT molecular complexity index is 422. The number of aromatic nitrogens is 2. The highest BCUT2D eigenvalue weighted by Gasteiger charge is 2.36. The third-order valence-electron chi connectivity index (χ3n) is 3.91. The van der Waals surface area contributed by atoms with E-state index in [1.165, 1.54) is 0 Å². The summed E-state index contributed by atoms with van der Waals surface area (Å²) in [7, 11) is 1.89. The topological polar surface area (TPSA) is 43.8 Å². The fourth-order valence-corrected chi connectivity index (χ4v) is 3.40. The highest BCUT2D eigenvalue weighted by atomic mass is 79.9. The number of hydrogen-bond donors (Lipinski definition) is 1. The first-order valence-corrected chi connectivity index (χ1v) is 7.39. The van der Waals surface area contributed by atoms with Gasteiger partial charge in [-0.1, -0.05) is 6.92 Å². The lowest BCUT2D eigenvalue weighted by Gasteiger charge is -2.32. The van der Waals surface area contributed by atoms with E-state index in [0.717, 1.165) is 35.1 Å². The molecular weight excluding hydrogens is 297 g/mol. The molecule has 102 valence electrons. The van der Waals surface area contributed by atoms with E-state index in [2.05, 4.69) is 28.0 Å². The van der Waals surface area contributed by atoms with E-state index in [-0.39, 0.29) is 6.04 Å². The molecule has 1 heterocycles. The highest BCUT2D eigenvalue weighted by Crippen LogP contribution is 2.36. The molecule has 0 saturated heterocycles. The SMILES string of the molecule is CCc1nn(C)c(CC2(F)CCC(N)CC2)c1Br. The summed E-state index contributed by atoms with van der Waals surface area (Å²) in [6, 6.07) is 0.176. The van der Waals surface area contributed by atoms with Gasteiger partial charge in [0.2, 0.25) is 0 Å². The fourth-order valence-electron chi connectivity index (χ4n) is 2.65. The normalized spacial score (nSPS) is 28.6. The predicted octanol–water partition coefficient (Wildman–Crippen LogP) is 2.90. The standard InChI is InChI=1S/C13H21BrFN3/c1-3-10-12(14)11(18(2)17-10)8-13(15)6-4-9(16)5-7-13/h9H,3-8,16H2,1-2H3. The number of halogens is 2. The minimum absolute atomic E-state index is 0.176. The second-order valence-corrected chi connectivity index (χ2v) is 6.14. The summed E-state index contributed by atoms with van der Waals surface area (Å²) >= 11 is 3.55. The number of rotatable bonds is 3. The Morgan fingerprint density at radius 2 is 2.11 bits per heavy atom. The van der Waals surface area contributed by atoms with Crippen LogP contribution in [-0.4, -0.2) is 21.5 Å². The first-order chi connectivity index (χ1) is 8.45. The fraction of sp³-hybridized carbons (Fsp3) is 0.769. The maximum absolute atomic E-state index is 14.8. The van der Waals surface area contributed by atoms with Crippen molar-refractivity contribution in [2.75, 3.05) is 0 Å². The number of nitrogens with two attached hydrogens (primary N) is 1. The lowest BCUT2D eigenvalue weighted by atomic mass is 9.81. The number of aryl methyl sites for hydroxylation is 2. The van der Waals surface area contributed by atoms with E-state index in [1.807, 2.05) is 7.05 Å². The van der Waals surface area contributed by atoms with E-state index < -0.39 is 5.67 Å². The summed E-state index contributed by atoms with van der Waals surface area (Å²) in [6.45, 7) is 2.06. The van der Waals surface area contributed by atoms with Crippen molar-refractivity contribution in [2.45, 2.75) is 57.2 Å². The molecule has 5 heteroatoms. The van der Waals surface area contributed by atoms with Gasteiger partial charge in [0, 0.05) is 19.5 Å². The molecule has 0 unspecified atom stereocenters. The molecule has 1 fully saturated rings. The molecule has 1 aliphatic rings. The first-order valence-electron chi connectivity index (χ1n) is 6.60. The van der Waals surface area contributed by atoms with Gasteiger partial charge in [-0.15, -0.1) is 0 Å². The molecule has 1 aromatic rings. The van der Waals surface area contributed by atoms with E-state index in [0.29, 0.717) is 19.3 Å². The molecular formula is C13H21BrFN3. The molecule has 1 aliphatic carbocycles. The summed E-state index contributed by atoms with van der Waals surface area (Å²) in [4.78, 5) is 0. The first kappa shape index (κ1) is 14.0. The van der Waals surface area contributed by atoms with Crippen LogP contribution in [0.3, 0.4) is 0 Å². The van der Waals surface area contributed by atoms with Crippen molar-refractivity contribution in [3.05, 3.63) is 15.9 Å². The zero-order valence-corrected chi connectivity index (χ0v) is 12.6. The maximum atomic E-state index is 14.8. The lowest BCUT2D eigenvalue weighted by Crippen LogP contribution is -2.37. The number of nitrogens with zero attached hydrogens (tertiary/aromatic N) is 2. The van der Waals surface area contributed by atoms with E-state index >= 15 is 0 Å². The predicted molar refractivity (Wildman–Crippen MR) is 74.3 cm³/mol. The Morgan fingerprint density at radius 1 is 1.50 bits per heavy atom. The maximum Gasteiger partial charge on any atom is 0.116 e. The molecule has 0 aromatic carbocycles. The van der Waals surface area contributed by atoms with Crippen molar-refractivity contribution >= 4 is 15.9 Å². The molecule has 1 saturated carbocycles. The van der Waals surface area contributed by atoms with Crippen LogP contribution in [0.2, 0.25) is 0 Å². The zero-order valence-electron chi connectivity index (χ0n) is 11.0. The van der Waals surface area contributed by atoms with Crippen LogP contribution >= 0.6 is 15.9 Å². The van der Waals surface area contributed by atoms with Crippen molar-refractivity contribution in [1.29, 1.82) is 0 Å². The van der Waals surface area contributed by atoms with E-state index in [1.54, 1.807) is 4.68 Å². The molecule has 0 spiro atoms. The summed E-state index contributed by atoms with van der Waals surface area (Å²) in [5.74, 6) is 0. The van der Waals surface area contributed by atoms with Crippen LogP contribution in [0.1, 0.15) is 44.0 Å². The quantitative estimate of drug-likeness (QED) is 0.931. The van der Waals surface area contributed by atoms with Crippen LogP contribution in [0.25, 0.3) is 0 Å². The highest BCUT2D eigenvalue weighted by molar-refractivity contribution is 9.10. The van der Waals surface area contributed by atoms with Crippen LogP contribution < -0.4 is 5.73 Å². The average molecular weight is 318 g/mol. The molecule has 1 aromatic heterocycles. The molecule has 0 bridgehead atoms. The van der Waals surface area contributed by atoms with Gasteiger partial charge in [0.25, 0.3) is 0 Å². The van der Waals surface area contributed by atoms with Gasteiger partial charge < -0.3 is 5.73 Å². The summed E-state index contributed by atoms with van der Waals surface area (Å²) < 4.78 is 17.6. The average Bonchev–Trinajstić information content (AvgIpc) is 2.61. The minimum Gasteiger partial charge on any atom is -0.328 e. The minimum atomic E-state index is -1.11. The Labute approximate surface area is 116 Å². The van der Waals surface area contributed by atoms with Gasteiger partial charge in [0.1, 0.15) is 5.67 Å². The summed E-state index contributed by atoms with van der Waals surface area (Å²) in [5.41, 5.74) is 6.69. The number of alkyl halides is 1. The largest absolute Gasteiger partial charge is 0.328 e. The molecule has 2 rings (SSSR count). The van der Waals surface area contributed by atoms with Crippen molar-refractivity contribution in [2.24, 2.45) is 12.8 Å². The van der Waals surface area contributed by atoms with Crippen LogP contribution in [0.4, 0.5) is 4.39 Å². The second-order valence-electron chi connectivity index (χ2n) is 5.35. The van der Waals surface area contributed by atoms with Crippen LogP contribution in [0.15, 0.2) is 4.47 Å². The Balaban J connectivity index is 2.16. The molecule has 18 heavy (non-hydrogen) atoms. The monoisotopic (exact) mass is 317 g/mol. The zero-order chi connectivity index (χ0) is 13.3. The third kappa shape index (κ3) is 2.77.